The van der Waals surface area contributed by atoms with E-state index in [1.807, 2.05) is 19.2 Å². The van der Waals surface area contributed by atoms with Gasteiger partial charge in [-0.15, -0.1) is 24.0 Å². The lowest BCUT2D eigenvalue weighted by molar-refractivity contribution is 0.430. The van der Waals surface area contributed by atoms with E-state index in [2.05, 4.69) is 34.7 Å². The molecule has 122 valence electrons. The molecular weight excluding hydrogens is 409 g/mol. The van der Waals surface area contributed by atoms with Crippen LogP contribution in [0.1, 0.15) is 44.2 Å². The molecule has 1 atom stereocenters. The third-order valence-corrected chi connectivity index (χ3v) is 5.14. The second-order valence-electron chi connectivity index (χ2n) is 6.48. The minimum absolute atomic E-state index is 0. The summed E-state index contributed by atoms with van der Waals surface area (Å²) in [5.41, 5.74) is 1.80. The predicted molar refractivity (Wildman–Crippen MR) is 104 cm³/mol. The summed E-state index contributed by atoms with van der Waals surface area (Å²) in [7, 11) is 1.83. The normalized spacial score (nSPS) is 20.8. The van der Waals surface area contributed by atoms with Crippen LogP contribution in [0.25, 0.3) is 0 Å². The second kappa shape index (κ2) is 7.39. The van der Waals surface area contributed by atoms with Crippen LogP contribution in [0.2, 0.25) is 5.02 Å². The first-order valence-electron chi connectivity index (χ1n) is 7.86. The van der Waals surface area contributed by atoms with Crippen LogP contribution in [0, 0.1) is 11.3 Å². The molecule has 1 unspecified atom stereocenters. The Hall–Kier alpha value is -0.490. The Morgan fingerprint density at radius 1 is 1.32 bits per heavy atom. The number of nitrogens with zero attached hydrogens (tertiary/aromatic N) is 1. The molecule has 2 aliphatic carbocycles. The smallest absolute Gasteiger partial charge is 0.191 e. The van der Waals surface area contributed by atoms with Gasteiger partial charge < -0.3 is 10.6 Å². The molecule has 2 N–H and O–H groups in total. The Kier molecular flexibility index (Phi) is 6.00. The highest BCUT2D eigenvalue weighted by Gasteiger charge is 2.53. The van der Waals surface area contributed by atoms with E-state index in [0.29, 0.717) is 5.41 Å². The van der Waals surface area contributed by atoms with E-state index in [4.69, 9.17) is 11.6 Å². The molecule has 5 heteroatoms. The average molecular weight is 434 g/mol. The number of hydrogen-bond acceptors (Lipinski definition) is 1. The summed E-state index contributed by atoms with van der Waals surface area (Å²) in [4.78, 5) is 4.35. The molecular formula is C17H25ClIN3. The molecule has 22 heavy (non-hydrogen) atoms. The number of guanidine groups is 1. The van der Waals surface area contributed by atoms with Crippen molar-refractivity contribution in [2.75, 3.05) is 13.6 Å². The highest BCUT2D eigenvalue weighted by Crippen LogP contribution is 2.60. The van der Waals surface area contributed by atoms with E-state index in [9.17, 15) is 0 Å². The Morgan fingerprint density at radius 2 is 1.95 bits per heavy atom. The van der Waals surface area contributed by atoms with Gasteiger partial charge in [-0.05, 0) is 61.6 Å². The van der Waals surface area contributed by atoms with Gasteiger partial charge in [0.1, 0.15) is 0 Å². The second-order valence-corrected chi connectivity index (χ2v) is 6.92. The zero-order valence-corrected chi connectivity index (χ0v) is 16.3. The molecule has 1 aromatic rings. The number of rotatable bonds is 5. The summed E-state index contributed by atoms with van der Waals surface area (Å²) in [6, 6.07) is 8.18. The maximum absolute atomic E-state index is 5.94. The minimum atomic E-state index is 0. The number of hydrogen-bond donors (Lipinski definition) is 2. The first kappa shape index (κ1) is 17.9. The van der Waals surface area contributed by atoms with Crippen molar-refractivity contribution in [2.24, 2.45) is 16.3 Å². The van der Waals surface area contributed by atoms with Gasteiger partial charge in [0.2, 0.25) is 0 Å². The fourth-order valence-electron chi connectivity index (χ4n) is 3.08. The summed E-state index contributed by atoms with van der Waals surface area (Å²) in [6.07, 6.45) is 5.62. The van der Waals surface area contributed by atoms with Crippen LogP contribution in [0.4, 0.5) is 0 Å². The lowest BCUT2D eigenvalue weighted by atomic mass is 10.0. The van der Waals surface area contributed by atoms with E-state index in [-0.39, 0.29) is 30.0 Å². The summed E-state index contributed by atoms with van der Waals surface area (Å²) < 4.78 is 0. The van der Waals surface area contributed by atoms with Gasteiger partial charge in [0.05, 0.1) is 6.04 Å². The first-order valence-corrected chi connectivity index (χ1v) is 8.23. The largest absolute Gasteiger partial charge is 0.356 e. The third-order valence-electron chi connectivity index (χ3n) is 4.89. The van der Waals surface area contributed by atoms with E-state index in [1.165, 1.54) is 31.2 Å². The van der Waals surface area contributed by atoms with Gasteiger partial charge in [0, 0.05) is 18.6 Å². The molecule has 2 saturated carbocycles. The maximum atomic E-state index is 5.94. The highest BCUT2D eigenvalue weighted by molar-refractivity contribution is 14.0. The molecule has 2 fully saturated rings. The van der Waals surface area contributed by atoms with E-state index in [0.717, 1.165) is 23.4 Å². The van der Waals surface area contributed by atoms with E-state index in [1.54, 1.807) is 0 Å². The molecule has 0 spiro atoms. The monoisotopic (exact) mass is 433 g/mol. The topological polar surface area (TPSA) is 36.4 Å². The molecule has 0 heterocycles. The minimum Gasteiger partial charge on any atom is -0.356 e. The quantitative estimate of drug-likeness (QED) is 0.411. The van der Waals surface area contributed by atoms with Crippen LogP contribution in [-0.4, -0.2) is 19.6 Å². The van der Waals surface area contributed by atoms with Crippen LogP contribution >= 0.6 is 35.6 Å². The standard InChI is InChI=1S/C17H24ClN3.HI/c1-12(13-3-7-15(18)8-4-13)21-16(19-2)20-11-17(9-10-17)14-5-6-14;/h3-4,7-8,12,14H,5-6,9-11H2,1-2H3,(H2,19,20,21);1H. The van der Waals surface area contributed by atoms with Crippen LogP contribution in [0.3, 0.4) is 0 Å². The zero-order valence-electron chi connectivity index (χ0n) is 13.2. The van der Waals surface area contributed by atoms with Gasteiger partial charge in [-0.25, -0.2) is 0 Å². The van der Waals surface area contributed by atoms with Crippen molar-refractivity contribution in [3.63, 3.8) is 0 Å². The molecule has 1 aromatic carbocycles. The van der Waals surface area contributed by atoms with Crippen molar-refractivity contribution >= 4 is 41.5 Å². The van der Waals surface area contributed by atoms with Crippen LogP contribution < -0.4 is 10.6 Å². The predicted octanol–water partition coefficient (Wildman–Crippen LogP) is 4.37. The fourth-order valence-corrected chi connectivity index (χ4v) is 3.21. The number of halogens is 2. The molecule has 0 bridgehead atoms. The Balaban J connectivity index is 0.00000176. The Morgan fingerprint density at radius 3 is 2.45 bits per heavy atom. The molecule has 0 aromatic heterocycles. The van der Waals surface area contributed by atoms with Crippen LogP contribution in [-0.2, 0) is 0 Å². The number of benzene rings is 1. The molecule has 0 saturated heterocycles. The van der Waals surface area contributed by atoms with Gasteiger partial charge in [0.25, 0.3) is 0 Å². The maximum Gasteiger partial charge on any atom is 0.191 e. The summed E-state index contributed by atoms with van der Waals surface area (Å²) in [5, 5.41) is 7.75. The first-order chi connectivity index (χ1) is 10.1. The highest BCUT2D eigenvalue weighted by atomic mass is 127. The Bertz CT molecular complexity index is 521. The number of nitrogens with one attached hydrogen (secondary N) is 2. The lowest BCUT2D eigenvalue weighted by Crippen LogP contribution is -2.41. The molecule has 0 amide bonds. The number of aliphatic imine (C=N–C) groups is 1. The molecule has 3 nitrogen and oxygen atoms in total. The van der Waals surface area contributed by atoms with Crippen LogP contribution in [0.5, 0.6) is 0 Å². The zero-order chi connectivity index (χ0) is 14.9. The summed E-state index contributed by atoms with van der Waals surface area (Å²) in [6.45, 7) is 3.20. The third kappa shape index (κ3) is 4.28. The molecule has 0 radical (unpaired) electrons. The van der Waals surface area contributed by atoms with Gasteiger partial charge in [-0.2, -0.15) is 0 Å². The van der Waals surface area contributed by atoms with Crippen molar-refractivity contribution < 1.29 is 0 Å². The summed E-state index contributed by atoms with van der Waals surface area (Å²) in [5.74, 6) is 1.86. The molecule has 3 rings (SSSR count). The SMILES string of the molecule is CN=C(NCC1(C2CC2)CC1)NC(C)c1ccc(Cl)cc1.I. The van der Waals surface area contributed by atoms with Crippen molar-refractivity contribution in [1.82, 2.24) is 10.6 Å². The lowest BCUT2D eigenvalue weighted by Gasteiger charge is -2.21. The van der Waals surface area contributed by atoms with E-state index < -0.39 is 0 Å². The van der Waals surface area contributed by atoms with Gasteiger partial charge >= 0.3 is 0 Å². The van der Waals surface area contributed by atoms with Gasteiger partial charge in [-0.3, -0.25) is 4.99 Å². The fraction of sp³-hybridized carbons (Fsp3) is 0.588. The summed E-state index contributed by atoms with van der Waals surface area (Å²) >= 11 is 5.94. The van der Waals surface area contributed by atoms with Crippen molar-refractivity contribution in [3.05, 3.63) is 34.9 Å². The molecule has 2 aliphatic rings. The van der Waals surface area contributed by atoms with Gasteiger partial charge in [-0.1, -0.05) is 23.7 Å². The van der Waals surface area contributed by atoms with Crippen molar-refractivity contribution in [2.45, 2.75) is 38.6 Å². The Labute approximate surface area is 155 Å². The van der Waals surface area contributed by atoms with Gasteiger partial charge in [0.15, 0.2) is 5.96 Å². The average Bonchev–Trinajstić information content (AvgIpc) is 3.37. The van der Waals surface area contributed by atoms with Crippen molar-refractivity contribution in [3.8, 4) is 0 Å². The van der Waals surface area contributed by atoms with Crippen molar-refractivity contribution in [1.29, 1.82) is 0 Å². The molecule has 0 aliphatic heterocycles. The van der Waals surface area contributed by atoms with E-state index >= 15 is 0 Å². The van der Waals surface area contributed by atoms with Crippen LogP contribution in [0.15, 0.2) is 29.3 Å².